The average molecular weight is 201 g/mol. The van der Waals surface area contributed by atoms with E-state index in [2.05, 4.69) is 0 Å². The van der Waals surface area contributed by atoms with Gasteiger partial charge < -0.3 is 4.74 Å². The van der Waals surface area contributed by atoms with Crippen LogP contribution in [0.3, 0.4) is 0 Å². The second-order valence-electron chi connectivity index (χ2n) is 3.54. The maximum absolute atomic E-state index is 11.6. The van der Waals surface area contributed by atoms with Gasteiger partial charge in [-0.05, 0) is 30.5 Å². The Bertz CT molecular complexity index is 432. The van der Waals surface area contributed by atoms with E-state index >= 15 is 0 Å². The molecule has 1 aromatic rings. The highest BCUT2D eigenvalue weighted by Crippen LogP contribution is 2.25. The summed E-state index contributed by atoms with van der Waals surface area (Å²) in [6.45, 7) is 0.0208. The summed E-state index contributed by atoms with van der Waals surface area (Å²) >= 11 is 0. The first-order chi connectivity index (χ1) is 7.31. The molecule has 0 heterocycles. The summed E-state index contributed by atoms with van der Waals surface area (Å²) in [4.78, 5) is 11.6. The Hall–Kier alpha value is -1.82. The predicted molar refractivity (Wildman–Crippen MR) is 54.8 cm³/mol. The van der Waals surface area contributed by atoms with Crippen molar-refractivity contribution in [1.82, 2.24) is 0 Å². The van der Waals surface area contributed by atoms with Crippen molar-refractivity contribution < 1.29 is 9.53 Å². The lowest BCUT2D eigenvalue weighted by molar-refractivity contribution is 0.0972. The predicted octanol–water partition coefficient (Wildman–Crippen LogP) is 2.11. The number of aryl methyl sites for hydroxylation is 1. The monoisotopic (exact) mass is 201 g/mol. The minimum absolute atomic E-state index is 0.0208. The van der Waals surface area contributed by atoms with E-state index in [-0.39, 0.29) is 12.4 Å². The van der Waals surface area contributed by atoms with E-state index in [0.717, 1.165) is 24.0 Å². The zero-order chi connectivity index (χ0) is 10.7. The lowest BCUT2D eigenvalue weighted by Gasteiger charge is -2.15. The fraction of sp³-hybridized carbons (Fsp3) is 0.333. The summed E-state index contributed by atoms with van der Waals surface area (Å²) < 4.78 is 5.16. The Labute approximate surface area is 88.3 Å². The third kappa shape index (κ3) is 1.99. The Morgan fingerprint density at radius 1 is 1.40 bits per heavy atom. The van der Waals surface area contributed by atoms with Crippen molar-refractivity contribution in [3.8, 4) is 11.8 Å². The number of hydrogen-bond acceptors (Lipinski definition) is 3. The van der Waals surface area contributed by atoms with Gasteiger partial charge in [-0.25, -0.2) is 0 Å². The number of Topliss-reactive ketones (excluding diaryl/α,β-unsaturated/α-hetero) is 1. The van der Waals surface area contributed by atoms with Crippen molar-refractivity contribution in [3.05, 3.63) is 29.3 Å². The highest BCUT2D eigenvalue weighted by Gasteiger charge is 2.17. The molecule has 0 saturated heterocycles. The largest absolute Gasteiger partial charge is 0.479 e. The molecule has 0 saturated carbocycles. The Balaban J connectivity index is 2.28. The number of hydrogen-bond donors (Lipinski definition) is 0. The first kappa shape index (κ1) is 9.72. The molecule has 0 aromatic heterocycles. The molecule has 0 fully saturated rings. The summed E-state index contributed by atoms with van der Waals surface area (Å²) in [6.07, 6.45) is 2.51. The number of nitriles is 1. The van der Waals surface area contributed by atoms with Crippen LogP contribution in [0, 0.1) is 11.3 Å². The van der Waals surface area contributed by atoms with Gasteiger partial charge >= 0.3 is 0 Å². The first-order valence-electron chi connectivity index (χ1n) is 4.97. The van der Waals surface area contributed by atoms with Crippen LogP contribution in [0.1, 0.15) is 28.8 Å². The Kier molecular flexibility index (Phi) is 2.68. The van der Waals surface area contributed by atoms with Crippen LogP contribution in [0.15, 0.2) is 18.2 Å². The van der Waals surface area contributed by atoms with Gasteiger partial charge in [-0.2, -0.15) is 5.26 Å². The van der Waals surface area contributed by atoms with E-state index in [1.54, 1.807) is 6.07 Å². The molecule has 1 aliphatic rings. The van der Waals surface area contributed by atoms with Crippen molar-refractivity contribution in [2.24, 2.45) is 0 Å². The minimum atomic E-state index is 0.0208. The van der Waals surface area contributed by atoms with Crippen LogP contribution >= 0.6 is 0 Å². The molecule has 0 amide bonds. The fourth-order valence-corrected chi connectivity index (χ4v) is 1.81. The van der Waals surface area contributed by atoms with Crippen LogP contribution < -0.4 is 4.74 Å². The Morgan fingerprint density at radius 2 is 2.27 bits per heavy atom. The lowest BCUT2D eigenvalue weighted by atomic mass is 9.90. The van der Waals surface area contributed by atoms with E-state index in [1.165, 1.54) is 0 Å². The SMILES string of the molecule is N#CCOc1ccc2c(c1)C(=O)CCC2. The number of ketones is 1. The number of ether oxygens (including phenoxy) is 1. The number of rotatable bonds is 2. The number of nitrogens with zero attached hydrogens (tertiary/aromatic N) is 1. The van der Waals surface area contributed by atoms with Crippen molar-refractivity contribution in [2.45, 2.75) is 19.3 Å². The van der Waals surface area contributed by atoms with Crippen LogP contribution in [0.2, 0.25) is 0 Å². The molecule has 1 aromatic carbocycles. The molecule has 0 bridgehead atoms. The third-order valence-corrected chi connectivity index (χ3v) is 2.54. The summed E-state index contributed by atoms with van der Waals surface area (Å²) in [5, 5.41) is 8.38. The summed E-state index contributed by atoms with van der Waals surface area (Å²) in [5.74, 6) is 0.782. The van der Waals surface area contributed by atoms with Gasteiger partial charge in [0.15, 0.2) is 12.4 Å². The topological polar surface area (TPSA) is 50.1 Å². The Morgan fingerprint density at radius 3 is 3.07 bits per heavy atom. The van der Waals surface area contributed by atoms with Crippen molar-refractivity contribution in [3.63, 3.8) is 0 Å². The molecule has 0 spiro atoms. The zero-order valence-corrected chi connectivity index (χ0v) is 8.32. The number of benzene rings is 1. The van der Waals surface area contributed by atoms with E-state index in [1.807, 2.05) is 18.2 Å². The molecule has 15 heavy (non-hydrogen) atoms. The average Bonchev–Trinajstić information content (AvgIpc) is 2.27. The van der Waals surface area contributed by atoms with Gasteiger partial charge in [0.2, 0.25) is 0 Å². The quantitative estimate of drug-likeness (QED) is 0.736. The maximum atomic E-state index is 11.6. The molecule has 0 atom stereocenters. The lowest BCUT2D eigenvalue weighted by Crippen LogP contribution is -2.10. The smallest absolute Gasteiger partial charge is 0.174 e. The molecule has 0 radical (unpaired) electrons. The van der Waals surface area contributed by atoms with Gasteiger partial charge in [-0.3, -0.25) is 4.79 Å². The molecule has 0 aliphatic heterocycles. The maximum Gasteiger partial charge on any atom is 0.174 e. The number of carbonyl (C=O) groups excluding carboxylic acids is 1. The molecular formula is C12H11NO2. The van der Waals surface area contributed by atoms with Gasteiger partial charge in [-0.1, -0.05) is 6.07 Å². The van der Waals surface area contributed by atoms with Gasteiger partial charge in [-0.15, -0.1) is 0 Å². The minimum Gasteiger partial charge on any atom is -0.479 e. The molecule has 0 N–H and O–H groups in total. The second kappa shape index (κ2) is 4.14. The first-order valence-corrected chi connectivity index (χ1v) is 4.97. The van der Waals surface area contributed by atoms with Crippen LogP contribution in [0.4, 0.5) is 0 Å². The number of fused-ring (bicyclic) bond motifs is 1. The van der Waals surface area contributed by atoms with Crippen LogP contribution in [-0.2, 0) is 6.42 Å². The summed E-state index contributed by atoms with van der Waals surface area (Å²) in [6, 6.07) is 7.37. The van der Waals surface area contributed by atoms with E-state index < -0.39 is 0 Å². The van der Waals surface area contributed by atoms with Crippen LogP contribution in [0.5, 0.6) is 5.75 Å². The van der Waals surface area contributed by atoms with Crippen molar-refractivity contribution in [1.29, 1.82) is 5.26 Å². The number of carbonyl (C=O) groups is 1. The third-order valence-electron chi connectivity index (χ3n) is 2.54. The normalized spacial score (nSPS) is 14.2. The van der Waals surface area contributed by atoms with Crippen molar-refractivity contribution >= 4 is 5.78 Å². The zero-order valence-electron chi connectivity index (χ0n) is 8.32. The molecule has 0 unspecified atom stereocenters. The molecular weight excluding hydrogens is 190 g/mol. The van der Waals surface area contributed by atoms with Crippen LogP contribution in [0.25, 0.3) is 0 Å². The van der Waals surface area contributed by atoms with E-state index in [9.17, 15) is 4.79 Å². The molecule has 1 aliphatic carbocycles. The highest BCUT2D eigenvalue weighted by molar-refractivity contribution is 5.98. The van der Waals surface area contributed by atoms with E-state index in [4.69, 9.17) is 10.00 Å². The van der Waals surface area contributed by atoms with Crippen LogP contribution in [-0.4, -0.2) is 12.4 Å². The van der Waals surface area contributed by atoms with Gasteiger partial charge in [0.05, 0.1) is 0 Å². The second-order valence-corrected chi connectivity index (χ2v) is 3.54. The van der Waals surface area contributed by atoms with Gasteiger partial charge in [0, 0.05) is 12.0 Å². The van der Waals surface area contributed by atoms with E-state index in [0.29, 0.717) is 12.2 Å². The van der Waals surface area contributed by atoms with Gasteiger partial charge in [0.25, 0.3) is 0 Å². The highest BCUT2D eigenvalue weighted by atomic mass is 16.5. The van der Waals surface area contributed by atoms with Crippen molar-refractivity contribution in [2.75, 3.05) is 6.61 Å². The molecule has 2 rings (SSSR count). The standard InChI is InChI=1S/C12H11NO2/c13-6-7-15-10-5-4-9-2-1-3-12(14)11(9)8-10/h4-5,8H,1-3,7H2. The van der Waals surface area contributed by atoms with Gasteiger partial charge in [0.1, 0.15) is 11.8 Å². The fourth-order valence-electron chi connectivity index (χ4n) is 1.81. The molecule has 3 nitrogen and oxygen atoms in total. The molecule has 3 heteroatoms. The summed E-state index contributed by atoms with van der Waals surface area (Å²) in [7, 11) is 0. The summed E-state index contributed by atoms with van der Waals surface area (Å²) in [5.41, 5.74) is 1.85. The molecule has 76 valence electrons.